The van der Waals surface area contributed by atoms with Gasteiger partial charge in [-0.15, -0.1) is 11.8 Å². The number of carbonyl (C=O) groups is 2. The highest BCUT2D eigenvalue weighted by Crippen LogP contribution is 2.19. The number of imide groups is 1. The van der Waals surface area contributed by atoms with Crippen molar-refractivity contribution in [1.29, 1.82) is 0 Å². The average Bonchev–Trinajstić information content (AvgIpc) is 2.38. The van der Waals surface area contributed by atoms with Crippen molar-refractivity contribution in [3.63, 3.8) is 0 Å². The topological polar surface area (TPSA) is 67.4 Å². The van der Waals surface area contributed by atoms with Gasteiger partial charge in [0.2, 0.25) is 5.91 Å². The number of ether oxygens (including phenoxy) is 1. The number of hydrogen-bond donors (Lipinski definition) is 2. The minimum atomic E-state index is -0.517. The Bertz CT molecular complexity index is 453. The van der Waals surface area contributed by atoms with E-state index in [9.17, 15) is 9.59 Å². The highest BCUT2D eigenvalue weighted by molar-refractivity contribution is 8.00. The first-order chi connectivity index (χ1) is 9.51. The molecule has 1 unspecified atom stereocenters. The number of amides is 3. The zero-order valence-electron chi connectivity index (χ0n) is 11.3. The largest absolute Gasteiger partial charge is 0.383 e. The third kappa shape index (κ3) is 6.79. The van der Waals surface area contributed by atoms with Crippen LogP contribution in [0, 0.1) is 0 Å². The molecule has 0 aliphatic carbocycles. The molecule has 20 heavy (non-hydrogen) atoms. The summed E-state index contributed by atoms with van der Waals surface area (Å²) in [6, 6.07) is 6.47. The number of rotatable bonds is 6. The fourth-order valence-corrected chi connectivity index (χ4v) is 2.22. The maximum atomic E-state index is 11.6. The summed E-state index contributed by atoms with van der Waals surface area (Å²) in [5, 5.41) is 5.50. The van der Waals surface area contributed by atoms with E-state index in [1.165, 1.54) is 11.8 Å². The van der Waals surface area contributed by atoms with Gasteiger partial charge in [0.15, 0.2) is 0 Å². The van der Waals surface area contributed by atoms with E-state index in [0.29, 0.717) is 11.6 Å². The van der Waals surface area contributed by atoms with Gasteiger partial charge in [-0.25, -0.2) is 4.79 Å². The third-order valence-corrected chi connectivity index (χ3v) is 3.49. The van der Waals surface area contributed by atoms with E-state index in [1.54, 1.807) is 26.2 Å². The molecule has 5 nitrogen and oxygen atoms in total. The number of carbonyl (C=O) groups excluding carboxylic acids is 2. The maximum absolute atomic E-state index is 11.6. The van der Waals surface area contributed by atoms with Crippen molar-refractivity contribution in [3.8, 4) is 0 Å². The van der Waals surface area contributed by atoms with Crippen LogP contribution in [0.3, 0.4) is 0 Å². The molecule has 7 heteroatoms. The van der Waals surface area contributed by atoms with E-state index in [4.69, 9.17) is 16.3 Å². The molecule has 0 saturated heterocycles. The molecule has 0 aliphatic heterocycles. The van der Waals surface area contributed by atoms with Crippen molar-refractivity contribution >= 4 is 35.3 Å². The quantitative estimate of drug-likeness (QED) is 0.790. The lowest BCUT2D eigenvalue weighted by Crippen LogP contribution is -2.45. The van der Waals surface area contributed by atoms with Crippen molar-refractivity contribution in [2.75, 3.05) is 19.5 Å². The summed E-state index contributed by atoms with van der Waals surface area (Å²) in [7, 11) is 1.55. The minimum Gasteiger partial charge on any atom is -0.383 e. The SMILES string of the molecule is COCC(C)NC(=O)NC(=O)CSc1ccc(Cl)cc1. The van der Waals surface area contributed by atoms with Gasteiger partial charge < -0.3 is 10.1 Å². The van der Waals surface area contributed by atoms with Crippen LogP contribution < -0.4 is 10.6 Å². The van der Waals surface area contributed by atoms with E-state index < -0.39 is 6.03 Å². The Morgan fingerprint density at radius 2 is 2.00 bits per heavy atom. The molecule has 0 saturated carbocycles. The van der Waals surface area contributed by atoms with Gasteiger partial charge >= 0.3 is 6.03 Å². The fraction of sp³-hybridized carbons (Fsp3) is 0.385. The van der Waals surface area contributed by atoms with Gasteiger partial charge in [0.05, 0.1) is 18.4 Å². The van der Waals surface area contributed by atoms with Gasteiger partial charge in [-0.3, -0.25) is 10.1 Å². The van der Waals surface area contributed by atoms with Gasteiger partial charge in [0.1, 0.15) is 0 Å². The molecule has 1 aromatic carbocycles. The highest BCUT2D eigenvalue weighted by atomic mass is 35.5. The molecule has 0 bridgehead atoms. The van der Waals surface area contributed by atoms with Crippen LogP contribution in [0.15, 0.2) is 29.2 Å². The molecule has 0 radical (unpaired) electrons. The van der Waals surface area contributed by atoms with Gasteiger partial charge in [0, 0.05) is 17.0 Å². The number of urea groups is 1. The lowest BCUT2D eigenvalue weighted by atomic mass is 10.4. The molecular formula is C13H17ClN2O3S. The predicted molar refractivity (Wildman–Crippen MR) is 80.2 cm³/mol. The monoisotopic (exact) mass is 316 g/mol. The fourth-order valence-electron chi connectivity index (χ4n) is 1.39. The Morgan fingerprint density at radius 1 is 1.35 bits per heavy atom. The minimum absolute atomic E-state index is 0.156. The summed E-state index contributed by atoms with van der Waals surface area (Å²) in [6.45, 7) is 2.18. The first-order valence-electron chi connectivity index (χ1n) is 5.99. The van der Waals surface area contributed by atoms with E-state index in [-0.39, 0.29) is 17.7 Å². The van der Waals surface area contributed by atoms with Crippen LogP contribution in [0.2, 0.25) is 5.02 Å². The van der Waals surface area contributed by atoms with Gasteiger partial charge in [0.25, 0.3) is 0 Å². The number of hydrogen-bond acceptors (Lipinski definition) is 4. The second kappa shape index (κ2) is 8.84. The van der Waals surface area contributed by atoms with Crippen molar-refractivity contribution < 1.29 is 14.3 Å². The van der Waals surface area contributed by atoms with Gasteiger partial charge in [-0.2, -0.15) is 0 Å². The number of benzene rings is 1. The van der Waals surface area contributed by atoms with Crippen LogP contribution >= 0.6 is 23.4 Å². The summed E-state index contributed by atoms with van der Waals surface area (Å²) in [6.07, 6.45) is 0. The first kappa shape index (κ1) is 16.8. The summed E-state index contributed by atoms with van der Waals surface area (Å²) in [5.74, 6) is -0.194. The van der Waals surface area contributed by atoms with Crippen LogP contribution in [0.25, 0.3) is 0 Å². The normalized spacial score (nSPS) is 11.8. The second-order valence-electron chi connectivity index (χ2n) is 4.12. The predicted octanol–water partition coefficient (Wildman–Crippen LogP) is 2.29. The molecular weight excluding hydrogens is 300 g/mol. The number of nitrogens with one attached hydrogen (secondary N) is 2. The second-order valence-corrected chi connectivity index (χ2v) is 5.61. The molecule has 1 aromatic rings. The van der Waals surface area contributed by atoms with Crippen LogP contribution in [0.5, 0.6) is 0 Å². The molecule has 0 fully saturated rings. The molecule has 110 valence electrons. The Morgan fingerprint density at radius 3 is 2.60 bits per heavy atom. The standard InChI is InChI=1S/C13H17ClN2O3S/c1-9(7-19-2)15-13(18)16-12(17)8-20-11-5-3-10(14)4-6-11/h3-6,9H,7-8H2,1-2H3,(H2,15,16,17,18). The Hall–Kier alpha value is -1.24. The van der Waals surface area contributed by atoms with Crippen molar-refractivity contribution in [3.05, 3.63) is 29.3 Å². The summed E-state index contributed by atoms with van der Waals surface area (Å²) in [5.41, 5.74) is 0. The van der Waals surface area contributed by atoms with Gasteiger partial charge in [-0.1, -0.05) is 11.6 Å². The molecule has 3 amide bonds. The summed E-state index contributed by atoms with van der Waals surface area (Å²) in [4.78, 5) is 24.0. The van der Waals surface area contributed by atoms with Crippen LogP contribution in [0.1, 0.15) is 6.92 Å². The Labute approximate surface area is 127 Å². The first-order valence-corrected chi connectivity index (χ1v) is 7.35. The molecule has 0 aliphatic rings. The van der Waals surface area contributed by atoms with Crippen molar-refractivity contribution in [2.45, 2.75) is 17.9 Å². The number of thioether (sulfide) groups is 1. The zero-order valence-corrected chi connectivity index (χ0v) is 12.9. The zero-order chi connectivity index (χ0) is 15.0. The van der Waals surface area contributed by atoms with Crippen molar-refractivity contribution in [1.82, 2.24) is 10.6 Å². The summed E-state index contributed by atoms with van der Waals surface area (Å²) < 4.78 is 4.88. The highest BCUT2D eigenvalue weighted by Gasteiger charge is 2.10. The molecule has 0 heterocycles. The molecule has 2 N–H and O–H groups in total. The van der Waals surface area contributed by atoms with Gasteiger partial charge in [-0.05, 0) is 31.2 Å². The van der Waals surface area contributed by atoms with Crippen LogP contribution in [-0.2, 0) is 9.53 Å². The van der Waals surface area contributed by atoms with Crippen LogP contribution in [0.4, 0.5) is 4.79 Å². The number of halogens is 1. The Balaban J connectivity index is 2.29. The van der Waals surface area contributed by atoms with E-state index in [2.05, 4.69) is 10.6 Å². The lowest BCUT2D eigenvalue weighted by molar-refractivity contribution is -0.117. The van der Waals surface area contributed by atoms with E-state index in [0.717, 1.165) is 4.90 Å². The molecule has 1 rings (SSSR count). The molecule has 0 spiro atoms. The van der Waals surface area contributed by atoms with E-state index >= 15 is 0 Å². The number of methoxy groups -OCH3 is 1. The average molecular weight is 317 g/mol. The maximum Gasteiger partial charge on any atom is 0.321 e. The van der Waals surface area contributed by atoms with E-state index in [1.807, 2.05) is 12.1 Å². The smallest absolute Gasteiger partial charge is 0.321 e. The molecule has 0 aromatic heterocycles. The third-order valence-electron chi connectivity index (χ3n) is 2.23. The summed E-state index contributed by atoms with van der Waals surface area (Å²) >= 11 is 7.10. The van der Waals surface area contributed by atoms with Crippen molar-refractivity contribution in [2.24, 2.45) is 0 Å². The van der Waals surface area contributed by atoms with Crippen LogP contribution in [-0.4, -0.2) is 37.4 Å². The Kier molecular flexibility index (Phi) is 7.43. The molecule has 1 atom stereocenters. The lowest BCUT2D eigenvalue weighted by Gasteiger charge is -2.12.